The van der Waals surface area contributed by atoms with Crippen LogP contribution in [-0.4, -0.2) is 14.9 Å². The van der Waals surface area contributed by atoms with Crippen molar-refractivity contribution in [1.29, 1.82) is 0 Å². The highest BCUT2D eigenvalue weighted by atomic mass is 16.3. The molecule has 1 aromatic heterocycles. The second-order valence-electron chi connectivity index (χ2n) is 4.33. The van der Waals surface area contributed by atoms with Crippen LogP contribution >= 0.6 is 0 Å². The molecule has 13 heavy (non-hydrogen) atoms. The number of hydrogen-bond acceptors (Lipinski definition) is 2. The summed E-state index contributed by atoms with van der Waals surface area (Å²) in [6.45, 7) is 8.16. The quantitative estimate of drug-likeness (QED) is 0.762. The van der Waals surface area contributed by atoms with Crippen LogP contribution in [0.15, 0.2) is 6.20 Å². The van der Waals surface area contributed by atoms with Gasteiger partial charge in [0.05, 0.1) is 11.7 Å². The first-order valence-corrected chi connectivity index (χ1v) is 4.73. The summed E-state index contributed by atoms with van der Waals surface area (Å²) in [6.07, 6.45) is 3.68. The fourth-order valence-corrected chi connectivity index (χ4v) is 1.31. The molecule has 1 rings (SSSR count). The van der Waals surface area contributed by atoms with E-state index in [1.54, 1.807) is 10.9 Å². The SMILES string of the molecule is CCCc1cnn(C(C)(C)C)c1O. The summed E-state index contributed by atoms with van der Waals surface area (Å²) < 4.78 is 1.66. The van der Waals surface area contributed by atoms with E-state index < -0.39 is 0 Å². The van der Waals surface area contributed by atoms with Crippen molar-refractivity contribution in [3.8, 4) is 5.88 Å². The Morgan fingerprint density at radius 3 is 2.46 bits per heavy atom. The Labute approximate surface area is 79.4 Å². The molecule has 1 N–H and O–H groups in total. The molecule has 0 bridgehead atoms. The summed E-state index contributed by atoms with van der Waals surface area (Å²) in [5.74, 6) is 0.314. The molecule has 0 saturated heterocycles. The monoisotopic (exact) mass is 182 g/mol. The number of hydrogen-bond donors (Lipinski definition) is 1. The molecule has 1 heterocycles. The van der Waals surface area contributed by atoms with E-state index in [0.29, 0.717) is 5.88 Å². The molecule has 0 radical (unpaired) electrons. The fraction of sp³-hybridized carbons (Fsp3) is 0.700. The molecule has 0 amide bonds. The molecule has 0 aliphatic rings. The molecule has 0 aromatic carbocycles. The zero-order chi connectivity index (χ0) is 10.1. The lowest BCUT2D eigenvalue weighted by Gasteiger charge is -2.20. The second kappa shape index (κ2) is 3.40. The summed E-state index contributed by atoms with van der Waals surface area (Å²) in [5.41, 5.74) is 0.799. The standard InChI is InChI=1S/C10H18N2O/c1-5-6-8-7-11-12(9(8)13)10(2,3)4/h7,13H,5-6H2,1-4H3. The van der Waals surface area contributed by atoms with E-state index in [0.717, 1.165) is 18.4 Å². The van der Waals surface area contributed by atoms with Crippen molar-refractivity contribution in [3.63, 3.8) is 0 Å². The zero-order valence-electron chi connectivity index (χ0n) is 8.83. The summed E-state index contributed by atoms with van der Waals surface area (Å²) >= 11 is 0. The highest BCUT2D eigenvalue weighted by Crippen LogP contribution is 2.24. The van der Waals surface area contributed by atoms with E-state index in [2.05, 4.69) is 12.0 Å². The van der Waals surface area contributed by atoms with E-state index in [1.165, 1.54) is 0 Å². The fourth-order valence-electron chi connectivity index (χ4n) is 1.31. The molecule has 0 aliphatic heterocycles. The van der Waals surface area contributed by atoms with Gasteiger partial charge in [-0.15, -0.1) is 0 Å². The van der Waals surface area contributed by atoms with Gasteiger partial charge in [0.1, 0.15) is 0 Å². The lowest BCUT2D eigenvalue weighted by atomic mass is 10.1. The number of nitrogens with zero attached hydrogens (tertiary/aromatic N) is 2. The van der Waals surface area contributed by atoms with Gasteiger partial charge >= 0.3 is 0 Å². The third-order valence-corrected chi connectivity index (χ3v) is 1.97. The van der Waals surface area contributed by atoms with Gasteiger partial charge in [-0.2, -0.15) is 5.10 Å². The highest BCUT2D eigenvalue weighted by molar-refractivity contribution is 5.23. The van der Waals surface area contributed by atoms with Crippen LogP contribution in [0.3, 0.4) is 0 Å². The highest BCUT2D eigenvalue weighted by Gasteiger charge is 2.19. The number of aromatic hydroxyl groups is 1. The Morgan fingerprint density at radius 2 is 2.08 bits per heavy atom. The number of aryl methyl sites for hydroxylation is 1. The third-order valence-electron chi connectivity index (χ3n) is 1.97. The minimum absolute atomic E-state index is 0.143. The lowest BCUT2D eigenvalue weighted by Crippen LogP contribution is -2.22. The molecule has 0 unspecified atom stereocenters. The number of aromatic nitrogens is 2. The van der Waals surface area contributed by atoms with Crippen LogP contribution in [0.25, 0.3) is 0 Å². The molecule has 0 spiro atoms. The van der Waals surface area contributed by atoms with Gasteiger partial charge in [0, 0.05) is 5.56 Å². The Morgan fingerprint density at radius 1 is 1.46 bits per heavy atom. The summed E-state index contributed by atoms with van der Waals surface area (Å²) in [5, 5.41) is 14.0. The molecule has 0 fully saturated rings. The van der Waals surface area contributed by atoms with Crippen LogP contribution < -0.4 is 0 Å². The molecule has 1 aromatic rings. The predicted octanol–water partition coefficient (Wildman–Crippen LogP) is 2.30. The van der Waals surface area contributed by atoms with Crippen molar-refractivity contribution >= 4 is 0 Å². The first-order valence-electron chi connectivity index (χ1n) is 4.73. The Kier molecular flexibility index (Phi) is 2.64. The average molecular weight is 182 g/mol. The first kappa shape index (κ1) is 10.1. The maximum Gasteiger partial charge on any atom is 0.213 e. The van der Waals surface area contributed by atoms with E-state index in [-0.39, 0.29) is 5.54 Å². The van der Waals surface area contributed by atoms with E-state index in [4.69, 9.17) is 0 Å². The molecule has 3 heteroatoms. The van der Waals surface area contributed by atoms with Crippen LogP contribution in [0.1, 0.15) is 39.7 Å². The van der Waals surface area contributed by atoms with Crippen LogP contribution in [0.5, 0.6) is 5.88 Å². The molecular weight excluding hydrogens is 164 g/mol. The maximum atomic E-state index is 9.80. The molecule has 3 nitrogen and oxygen atoms in total. The molecule has 0 atom stereocenters. The van der Waals surface area contributed by atoms with Crippen LogP contribution in [0.4, 0.5) is 0 Å². The third kappa shape index (κ3) is 2.02. The Hall–Kier alpha value is -0.990. The minimum Gasteiger partial charge on any atom is -0.493 e. The van der Waals surface area contributed by atoms with Crippen molar-refractivity contribution in [2.45, 2.75) is 46.1 Å². The van der Waals surface area contributed by atoms with Crippen molar-refractivity contribution in [2.75, 3.05) is 0 Å². The van der Waals surface area contributed by atoms with E-state index in [1.807, 2.05) is 20.8 Å². The van der Waals surface area contributed by atoms with Crippen molar-refractivity contribution in [2.24, 2.45) is 0 Å². The van der Waals surface area contributed by atoms with Crippen molar-refractivity contribution in [3.05, 3.63) is 11.8 Å². The molecule has 74 valence electrons. The minimum atomic E-state index is -0.143. The van der Waals surface area contributed by atoms with Gasteiger partial charge in [0.2, 0.25) is 5.88 Å². The Bertz CT molecular complexity index is 284. The second-order valence-corrected chi connectivity index (χ2v) is 4.33. The van der Waals surface area contributed by atoms with Gasteiger partial charge in [-0.25, -0.2) is 4.68 Å². The van der Waals surface area contributed by atoms with Gasteiger partial charge in [-0.3, -0.25) is 0 Å². The zero-order valence-corrected chi connectivity index (χ0v) is 8.83. The number of rotatable bonds is 2. The Balaban J connectivity index is 2.99. The van der Waals surface area contributed by atoms with Gasteiger partial charge in [0.25, 0.3) is 0 Å². The topological polar surface area (TPSA) is 38.0 Å². The van der Waals surface area contributed by atoms with Crippen molar-refractivity contribution < 1.29 is 5.11 Å². The molecular formula is C10H18N2O. The largest absolute Gasteiger partial charge is 0.493 e. The normalized spacial score (nSPS) is 12.0. The van der Waals surface area contributed by atoms with Crippen LogP contribution in [0, 0.1) is 0 Å². The summed E-state index contributed by atoms with van der Waals surface area (Å²) in [6, 6.07) is 0. The van der Waals surface area contributed by atoms with E-state index >= 15 is 0 Å². The van der Waals surface area contributed by atoms with Crippen LogP contribution in [0.2, 0.25) is 0 Å². The van der Waals surface area contributed by atoms with Gasteiger partial charge in [-0.1, -0.05) is 13.3 Å². The van der Waals surface area contributed by atoms with E-state index in [9.17, 15) is 5.11 Å². The summed E-state index contributed by atoms with van der Waals surface area (Å²) in [7, 11) is 0. The maximum absolute atomic E-state index is 9.80. The predicted molar refractivity (Wildman–Crippen MR) is 52.9 cm³/mol. The van der Waals surface area contributed by atoms with Gasteiger partial charge < -0.3 is 5.11 Å². The van der Waals surface area contributed by atoms with Gasteiger partial charge in [-0.05, 0) is 27.2 Å². The van der Waals surface area contributed by atoms with Crippen LogP contribution in [-0.2, 0) is 12.0 Å². The summed E-state index contributed by atoms with van der Waals surface area (Å²) in [4.78, 5) is 0. The van der Waals surface area contributed by atoms with Crippen molar-refractivity contribution in [1.82, 2.24) is 9.78 Å². The average Bonchev–Trinajstić information content (AvgIpc) is 2.32. The first-order chi connectivity index (χ1) is 5.96. The lowest BCUT2D eigenvalue weighted by molar-refractivity contribution is 0.293. The molecule has 0 aliphatic carbocycles. The smallest absolute Gasteiger partial charge is 0.213 e. The molecule has 0 saturated carbocycles. The van der Waals surface area contributed by atoms with Gasteiger partial charge in [0.15, 0.2) is 0 Å².